The third kappa shape index (κ3) is 4.66. The molecule has 0 aliphatic rings. The van der Waals surface area contributed by atoms with E-state index in [4.69, 9.17) is 0 Å². The Balaban J connectivity index is 2.38. The SMILES string of the molecule is Cc1cc(NC(=O)C(C)(C)C)sc1C(=O)n1ccccc1=NC(C)C. The number of pyridine rings is 1. The molecule has 0 bridgehead atoms. The normalized spacial score (nSPS) is 12.5. The number of carbonyl (C=O) groups excluding carboxylic acids is 2. The van der Waals surface area contributed by atoms with Gasteiger partial charge in [-0.3, -0.25) is 19.1 Å². The Kier molecular flexibility index (Phi) is 5.62. The molecular weight excluding hydrogens is 334 g/mol. The molecule has 2 rings (SSSR count). The maximum atomic E-state index is 13.0. The first-order valence-corrected chi connectivity index (χ1v) is 9.09. The van der Waals surface area contributed by atoms with Gasteiger partial charge in [-0.2, -0.15) is 0 Å². The van der Waals surface area contributed by atoms with Crippen LogP contribution in [0, 0.1) is 12.3 Å². The molecule has 0 aromatic carbocycles. The van der Waals surface area contributed by atoms with Gasteiger partial charge in [0.1, 0.15) is 5.49 Å². The van der Waals surface area contributed by atoms with Crippen molar-refractivity contribution in [2.24, 2.45) is 10.4 Å². The molecule has 0 saturated heterocycles. The zero-order chi connectivity index (χ0) is 18.8. The smallest absolute Gasteiger partial charge is 0.273 e. The quantitative estimate of drug-likeness (QED) is 0.905. The lowest BCUT2D eigenvalue weighted by Gasteiger charge is -2.16. The van der Waals surface area contributed by atoms with Gasteiger partial charge in [0, 0.05) is 17.7 Å². The Bertz CT molecular complexity index is 854. The average Bonchev–Trinajstić information content (AvgIpc) is 2.86. The predicted octanol–water partition coefficient (Wildman–Crippen LogP) is 3.84. The van der Waals surface area contributed by atoms with Crippen LogP contribution in [-0.4, -0.2) is 22.4 Å². The first-order valence-electron chi connectivity index (χ1n) is 8.27. The van der Waals surface area contributed by atoms with Crippen LogP contribution in [0.25, 0.3) is 0 Å². The lowest BCUT2D eigenvalue weighted by Crippen LogP contribution is -2.28. The zero-order valence-corrected chi connectivity index (χ0v) is 16.4. The van der Waals surface area contributed by atoms with Crippen LogP contribution in [0.3, 0.4) is 0 Å². The minimum Gasteiger partial charge on any atom is -0.317 e. The lowest BCUT2D eigenvalue weighted by atomic mass is 9.96. The van der Waals surface area contributed by atoms with Gasteiger partial charge in [-0.25, -0.2) is 0 Å². The number of aryl methyl sites for hydroxylation is 1. The summed E-state index contributed by atoms with van der Waals surface area (Å²) in [5, 5.41) is 3.57. The number of nitrogens with one attached hydrogen (secondary N) is 1. The fourth-order valence-corrected chi connectivity index (χ4v) is 3.15. The first-order chi connectivity index (χ1) is 11.6. The fourth-order valence-electron chi connectivity index (χ4n) is 2.14. The van der Waals surface area contributed by atoms with E-state index in [0.717, 1.165) is 5.56 Å². The molecule has 0 spiro atoms. The molecular formula is C19H25N3O2S. The van der Waals surface area contributed by atoms with Gasteiger partial charge in [0.15, 0.2) is 0 Å². The van der Waals surface area contributed by atoms with E-state index in [1.807, 2.05) is 65.8 Å². The van der Waals surface area contributed by atoms with Gasteiger partial charge >= 0.3 is 0 Å². The van der Waals surface area contributed by atoms with Crippen molar-refractivity contribution in [3.8, 4) is 0 Å². The van der Waals surface area contributed by atoms with Gasteiger partial charge < -0.3 is 5.32 Å². The predicted molar refractivity (Wildman–Crippen MR) is 102 cm³/mol. The summed E-state index contributed by atoms with van der Waals surface area (Å²) < 4.78 is 1.55. The number of nitrogens with zero attached hydrogens (tertiary/aromatic N) is 2. The van der Waals surface area contributed by atoms with E-state index in [9.17, 15) is 9.59 Å². The Labute approximate surface area is 152 Å². The van der Waals surface area contributed by atoms with Gasteiger partial charge in [-0.1, -0.05) is 26.8 Å². The third-order valence-electron chi connectivity index (χ3n) is 3.48. The Morgan fingerprint density at radius 3 is 2.52 bits per heavy atom. The average molecular weight is 359 g/mol. The number of hydrogen-bond donors (Lipinski definition) is 1. The van der Waals surface area contributed by atoms with E-state index in [1.165, 1.54) is 11.3 Å². The van der Waals surface area contributed by atoms with Gasteiger partial charge in [0.05, 0.1) is 9.88 Å². The molecule has 0 fully saturated rings. The Morgan fingerprint density at radius 1 is 1.24 bits per heavy atom. The van der Waals surface area contributed by atoms with Crippen LogP contribution in [0.1, 0.15) is 49.9 Å². The molecule has 5 nitrogen and oxygen atoms in total. The molecule has 2 heterocycles. The van der Waals surface area contributed by atoms with Crippen LogP contribution >= 0.6 is 11.3 Å². The van der Waals surface area contributed by atoms with E-state index in [-0.39, 0.29) is 17.9 Å². The van der Waals surface area contributed by atoms with Crippen molar-refractivity contribution in [2.75, 3.05) is 5.32 Å². The number of carbonyl (C=O) groups is 2. The second kappa shape index (κ2) is 7.35. The molecule has 0 atom stereocenters. The zero-order valence-electron chi connectivity index (χ0n) is 15.6. The van der Waals surface area contributed by atoms with Crippen LogP contribution in [0.4, 0.5) is 5.00 Å². The summed E-state index contributed by atoms with van der Waals surface area (Å²) in [6, 6.07) is 7.42. The van der Waals surface area contributed by atoms with Crippen LogP contribution < -0.4 is 10.8 Å². The van der Waals surface area contributed by atoms with Crippen molar-refractivity contribution in [2.45, 2.75) is 47.6 Å². The molecule has 2 aromatic heterocycles. The molecule has 134 valence electrons. The molecule has 0 aliphatic heterocycles. The van der Waals surface area contributed by atoms with Gasteiger partial charge in [-0.15, -0.1) is 11.3 Å². The molecule has 0 radical (unpaired) electrons. The topological polar surface area (TPSA) is 63.5 Å². The molecule has 0 unspecified atom stereocenters. The monoisotopic (exact) mass is 359 g/mol. The highest BCUT2D eigenvalue weighted by Crippen LogP contribution is 2.28. The number of rotatable bonds is 3. The summed E-state index contributed by atoms with van der Waals surface area (Å²) in [7, 11) is 0. The fraction of sp³-hybridized carbons (Fsp3) is 0.421. The van der Waals surface area contributed by atoms with Crippen molar-refractivity contribution < 1.29 is 9.59 Å². The second-order valence-corrected chi connectivity index (χ2v) is 8.34. The largest absolute Gasteiger partial charge is 0.317 e. The summed E-state index contributed by atoms with van der Waals surface area (Å²) in [6.07, 6.45) is 1.72. The highest BCUT2D eigenvalue weighted by atomic mass is 32.1. The molecule has 1 N–H and O–H groups in total. The van der Waals surface area contributed by atoms with Gasteiger partial charge in [0.25, 0.3) is 5.91 Å². The number of aromatic nitrogens is 1. The van der Waals surface area contributed by atoms with E-state index < -0.39 is 5.41 Å². The third-order valence-corrected chi connectivity index (χ3v) is 4.62. The van der Waals surface area contributed by atoms with E-state index >= 15 is 0 Å². The summed E-state index contributed by atoms with van der Waals surface area (Å²) in [5.74, 6) is -0.214. The summed E-state index contributed by atoms with van der Waals surface area (Å²) in [5.41, 5.74) is 0.973. The minimum absolute atomic E-state index is 0.0735. The number of amides is 1. The van der Waals surface area contributed by atoms with Crippen LogP contribution in [0.5, 0.6) is 0 Å². The van der Waals surface area contributed by atoms with Crippen molar-refractivity contribution in [1.29, 1.82) is 0 Å². The van der Waals surface area contributed by atoms with Crippen molar-refractivity contribution in [3.63, 3.8) is 0 Å². The molecule has 2 aromatic rings. The first kappa shape index (κ1) is 19.1. The second-order valence-electron chi connectivity index (χ2n) is 7.28. The highest BCUT2D eigenvalue weighted by Gasteiger charge is 2.23. The minimum atomic E-state index is -0.487. The van der Waals surface area contributed by atoms with Crippen LogP contribution in [-0.2, 0) is 4.79 Å². The molecule has 25 heavy (non-hydrogen) atoms. The number of hydrogen-bond acceptors (Lipinski definition) is 4. The van der Waals surface area contributed by atoms with E-state index in [0.29, 0.717) is 15.4 Å². The Hall–Kier alpha value is -2.21. The number of thiophene rings is 1. The van der Waals surface area contributed by atoms with Crippen molar-refractivity contribution in [3.05, 3.63) is 46.4 Å². The summed E-state index contributed by atoms with van der Waals surface area (Å²) in [4.78, 5) is 30.2. The highest BCUT2D eigenvalue weighted by molar-refractivity contribution is 7.18. The maximum Gasteiger partial charge on any atom is 0.273 e. The summed E-state index contributed by atoms with van der Waals surface area (Å²) in [6.45, 7) is 11.4. The lowest BCUT2D eigenvalue weighted by molar-refractivity contribution is -0.123. The Morgan fingerprint density at radius 2 is 1.92 bits per heavy atom. The van der Waals surface area contributed by atoms with Crippen LogP contribution in [0.15, 0.2) is 35.5 Å². The van der Waals surface area contributed by atoms with Gasteiger partial charge in [0.2, 0.25) is 5.91 Å². The van der Waals surface area contributed by atoms with Crippen molar-refractivity contribution >= 4 is 28.2 Å². The molecule has 6 heteroatoms. The summed E-state index contributed by atoms with van der Waals surface area (Å²) >= 11 is 1.29. The van der Waals surface area contributed by atoms with E-state index in [1.54, 1.807) is 10.8 Å². The molecule has 0 aliphatic carbocycles. The molecule has 0 saturated carbocycles. The maximum absolute atomic E-state index is 13.0. The van der Waals surface area contributed by atoms with Crippen molar-refractivity contribution in [1.82, 2.24) is 4.57 Å². The molecule has 1 amide bonds. The number of anilines is 1. The van der Waals surface area contributed by atoms with E-state index in [2.05, 4.69) is 10.3 Å². The van der Waals surface area contributed by atoms with Crippen LogP contribution in [0.2, 0.25) is 0 Å². The van der Waals surface area contributed by atoms with Gasteiger partial charge in [-0.05, 0) is 44.5 Å². The standard InChI is InChI=1S/C19H25N3O2S/c1-12(2)20-14-9-7-8-10-22(14)17(23)16-13(3)11-15(25-16)21-18(24)19(4,5)6/h7-12H,1-6H3,(H,21,24).